The molecular weight excluding hydrogens is 414 g/mol. The van der Waals surface area contributed by atoms with E-state index in [0.29, 0.717) is 23.6 Å². The number of aromatic hydroxyl groups is 1. The second-order valence-corrected chi connectivity index (χ2v) is 7.31. The molecule has 1 atom stereocenters. The summed E-state index contributed by atoms with van der Waals surface area (Å²) < 4.78 is 11.3. The number of carbonyl (C=O) groups is 2. The molecule has 2 aliphatic rings. The molecule has 1 N–H and O–H groups in total. The van der Waals surface area contributed by atoms with Crippen LogP contribution >= 0.6 is 15.9 Å². The second kappa shape index (κ2) is 6.88. The summed E-state index contributed by atoms with van der Waals surface area (Å²) in [4.78, 5) is 26.7. The molecule has 2 heterocycles. The molecule has 0 aromatic heterocycles. The number of hydrogen-bond acceptors (Lipinski definition) is 5. The zero-order chi connectivity index (χ0) is 19.1. The fourth-order valence-electron chi connectivity index (χ4n) is 3.70. The second-order valence-electron chi connectivity index (χ2n) is 6.45. The predicted molar refractivity (Wildman–Crippen MR) is 102 cm³/mol. The summed E-state index contributed by atoms with van der Waals surface area (Å²) in [5, 5.41) is 10.6. The Hall–Kier alpha value is -2.54. The zero-order valence-corrected chi connectivity index (χ0v) is 16.3. The summed E-state index contributed by atoms with van der Waals surface area (Å²) in [6.07, 6.45) is 0.735. The molecule has 1 amide bonds. The van der Waals surface area contributed by atoms with Gasteiger partial charge in [-0.05, 0) is 30.7 Å². The number of nitrogens with zero attached hydrogens (tertiary/aromatic N) is 1. The Balaban J connectivity index is 1.81. The van der Waals surface area contributed by atoms with Gasteiger partial charge < -0.3 is 19.5 Å². The molecule has 1 unspecified atom stereocenters. The summed E-state index contributed by atoms with van der Waals surface area (Å²) >= 11 is 3.52. The molecule has 4 rings (SSSR count). The van der Waals surface area contributed by atoms with Gasteiger partial charge in [-0.3, -0.25) is 9.59 Å². The summed E-state index contributed by atoms with van der Waals surface area (Å²) in [7, 11) is 0. The van der Waals surface area contributed by atoms with Gasteiger partial charge in [0.25, 0.3) is 0 Å². The lowest BCUT2D eigenvalue weighted by Gasteiger charge is -2.17. The van der Waals surface area contributed by atoms with E-state index >= 15 is 0 Å². The predicted octanol–water partition coefficient (Wildman–Crippen LogP) is 3.13. The minimum Gasteiger partial charge on any atom is -0.507 e. The van der Waals surface area contributed by atoms with Crippen LogP contribution in [0.2, 0.25) is 0 Å². The van der Waals surface area contributed by atoms with Crippen molar-refractivity contribution in [2.75, 3.05) is 24.7 Å². The summed E-state index contributed by atoms with van der Waals surface area (Å²) in [6, 6.07) is 8.85. The average Bonchev–Trinajstić information content (AvgIpc) is 3.18. The number of fused-ring (bicyclic) bond motifs is 2. The van der Waals surface area contributed by atoms with Gasteiger partial charge in [-0.1, -0.05) is 22.0 Å². The number of phenolic OH excluding ortho intramolecular Hbond substituents is 1. The molecule has 7 heteroatoms. The van der Waals surface area contributed by atoms with Crippen molar-refractivity contribution in [1.29, 1.82) is 0 Å². The first-order chi connectivity index (χ1) is 13.0. The van der Waals surface area contributed by atoms with Gasteiger partial charge in [-0.15, -0.1) is 0 Å². The van der Waals surface area contributed by atoms with E-state index in [9.17, 15) is 14.7 Å². The Labute approximate surface area is 164 Å². The van der Waals surface area contributed by atoms with E-state index < -0.39 is 11.9 Å². The average molecular weight is 432 g/mol. The van der Waals surface area contributed by atoms with Crippen LogP contribution in [0, 0.1) is 0 Å². The minimum absolute atomic E-state index is 0.00804. The number of halogens is 1. The maximum atomic E-state index is 13.3. The number of rotatable bonds is 4. The molecule has 2 aliphatic heterocycles. The summed E-state index contributed by atoms with van der Waals surface area (Å²) in [5.41, 5.74) is 2.86. The van der Waals surface area contributed by atoms with E-state index in [4.69, 9.17) is 9.47 Å². The van der Waals surface area contributed by atoms with Crippen molar-refractivity contribution in [2.45, 2.75) is 19.3 Å². The molecule has 27 heavy (non-hydrogen) atoms. The molecule has 6 nitrogen and oxygen atoms in total. The third-order valence-electron chi connectivity index (χ3n) is 4.86. The molecule has 2 aromatic carbocycles. The lowest BCUT2D eigenvalue weighted by atomic mass is 9.90. The van der Waals surface area contributed by atoms with Crippen LogP contribution in [0.4, 0.5) is 5.69 Å². The van der Waals surface area contributed by atoms with Crippen molar-refractivity contribution in [1.82, 2.24) is 0 Å². The fourth-order valence-corrected chi connectivity index (χ4v) is 4.28. The van der Waals surface area contributed by atoms with Crippen LogP contribution in [0.1, 0.15) is 29.5 Å². The zero-order valence-electron chi connectivity index (χ0n) is 14.7. The minimum atomic E-state index is -0.698. The molecule has 140 valence electrons. The lowest BCUT2D eigenvalue weighted by Crippen LogP contribution is -2.35. The molecule has 0 spiro atoms. The Morgan fingerprint density at radius 2 is 2.22 bits per heavy atom. The molecule has 0 saturated heterocycles. The standard InChI is InChI=1S/C20H18BrNO5/c1-2-26-17(24)10-22-14-5-3-4-13(21)19(14)18(20(22)25)12-8-11-6-7-27-16(11)9-15(12)23/h3-5,8-9,18,23H,2,6-7,10H2,1H3. The fraction of sp³-hybridized carbons (Fsp3) is 0.300. The summed E-state index contributed by atoms with van der Waals surface area (Å²) in [5.74, 6) is -0.773. The van der Waals surface area contributed by atoms with E-state index in [1.807, 2.05) is 18.2 Å². The highest BCUT2D eigenvalue weighted by Crippen LogP contribution is 2.48. The molecule has 0 radical (unpaired) electrons. The van der Waals surface area contributed by atoms with Gasteiger partial charge in [0.1, 0.15) is 18.0 Å². The number of anilines is 1. The SMILES string of the molecule is CCOC(=O)CN1C(=O)C(c2cc3c(cc2O)OCC3)c2c(Br)cccc21. The topological polar surface area (TPSA) is 76.1 Å². The number of phenols is 1. The maximum absolute atomic E-state index is 13.3. The molecular formula is C20H18BrNO5. The van der Waals surface area contributed by atoms with Crippen molar-refractivity contribution >= 4 is 33.5 Å². The van der Waals surface area contributed by atoms with E-state index in [2.05, 4.69) is 15.9 Å². The summed E-state index contributed by atoms with van der Waals surface area (Å²) in [6.45, 7) is 2.37. The highest BCUT2D eigenvalue weighted by atomic mass is 79.9. The largest absolute Gasteiger partial charge is 0.507 e. The van der Waals surface area contributed by atoms with Gasteiger partial charge in [-0.25, -0.2) is 0 Å². The Morgan fingerprint density at radius 1 is 1.41 bits per heavy atom. The number of carbonyl (C=O) groups excluding carboxylic acids is 2. The quantitative estimate of drug-likeness (QED) is 0.752. The van der Waals surface area contributed by atoms with Gasteiger partial charge in [0.05, 0.1) is 19.1 Å². The smallest absolute Gasteiger partial charge is 0.326 e. The molecule has 0 aliphatic carbocycles. The van der Waals surface area contributed by atoms with Gasteiger partial charge in [0, 0.05) is 33.8 Å². The number of benzene rings is 2. The van der Waals surface area contributed by atoms with Crippen LogP contribution in [0.25, 0.3) is 0 Å². The van der Waals surface area contributed by atoms with Crippen molar-refractivity contribution in [3.05, 3.63) is 51.5 Å². The first-order valence-corrected chi connectivity index (χ1v) is 9.54. The first kappa shape index (κ1) is 17.9. The van der Waals surface area contributed by atoms with Crippen molar-refractivity contribution in [3.8, 4) is 11.5 Å². The van der Waals surface area contributed by atoms with Crippen molar-refractivity contribution in [3.63, 3.8) is 0 Å². The number of esters is 1. The van der Waals surface area contributed by atoms with Gasteiger partial charge in [-0.2, -0.15) is 0 Å². The monoisotopic (exact) mass is 431 g/mol. The van der Waals surface area contributed by atoms with E-state index in [-0.39, 0.29) is 24.8 Å². The van der Waals surface area contributed by atoms with Gasteiger partial charge in [0.15, 0.2) is 0 Å². The Morgan fingerprint density at radius 3 is 3.00 bits per heavy atom. The van der Waals surface area contributed by atoms with E-state index in [1.54, 1.807) is 19.1 Å². The number of amides is 1. The molecule has 2 aromatic rings. The van der Waals surface area contributed by atoms with E-state index in [0.717, 1.165) is 22.0 Å². The van der Waals surface area contributed by atoms with Crippen LogP contribution < -0.4 is 9.64 Å². The van der Waals surface area contributed by atoms with Crippen molar-refractivity contribution < 1.29 is 24.2 Å². The number of hydrogen-bond donors (Lipinski definition) is 1. The third-order valence-corrected chi connectivity index (χ3v) is 5.56. The van der Waals surface area contributed by atoms with Crippen LogP contribution in [-0.4, -0.2) is 36.7 Å². The van der Waals surface area contributed by atoms with Crippen LogP contribution in [0.3, 0.4) is 0 Å². The van der Waals surface area contributed by atoms with Crippen LogP contribution in [0.5, 0.6) is 11.5 Å². The van der Waals surface area contributed by atoms with Crippen molar-refractivity contribution in [2.24, 2.45) is 0 Å². The number of ether oxygens (including phenoxy) is 2. The molecule has 0 fully saturated rings. The Kier molecular flexibility index (Phi) is 4.55. The maximum Gasteiger partial charge on any atom is 0.326 e. The lowest BCUT2D eigenvalue weighted by molar-refractivity contribution is -0.142. The van der Waals surface area contributed by atoms with Crippen LogP contribution in [-0.2, 0) is 20.7 Å². The van der Waals surface area contributed by atoms with Gasteiger partial charge in [0.2, 0.25) is 5.91 Å². The van der Waals surface area contributed by atoms with Gasteiger partial charge >= 0.3 is 5.97 Å². The van der Waals surface area contributed by atoms with Crippen LogP contribution in [0.15, 0.2) is 34.8 Å². The Bertz CT molecular complexity index is 942. The normalized spacial score (nSPS) is 17.5. The third kappa shape index (κ3) is 2.96. The molecule has 0 saturated carbocycles. The first-order valence-electron chi connectivity index (χ1n) is 8.75. The molecule has 0 bridgehead atoms. The highest BCUT2D eigenvalue weighted by Gasteiger charge is 2.42. The highest BCUT2D eigenvalue weighted by molar-refractivity contribution is 9.10. The van der Waals surface area contributed by atoms with E-state index in [1.165, 1.54) is 4.90 Å².